The second-order valence-electron chi connectivity index (χ2n) is 11.3. The maximum atomic E-state index is 13.3. The standard InChI is InChI=1S/C33H32ClN5O/c1-33(2,3)25-14-12-24(13-15-25)32(40)38-18-16-37(17-19-38)30-29-28(23-8-5-4-6-9-23)21-39(31(29)36-22-35-30)27-11-7-10-26(34)20-27/h4-15,20-22H,16-19H2,1-3H3. The highest BCUT2D eigenvalue weighted by molar-refractivity contribution is 6.30. The zero-order valence-corrected chi connectivity index (χ0v) is 23.8. The number of benzene rings is 3. The van der Waals surface area contributed by atoms with Crippen LogP contribution in [0.5, 0.6) is 0 Å². The first kappa shape index (κ1) is 26.1. The highest BCUT2D eigenvalue weighted by Crippen LogP contribution is 2.37. The Labute approximate surface area is 239 Å². The lowest BCUT2D eigenvalue weighted by molar-refractivity contribution is 0.0746. The second kappa shape index (κ2) is 10.4. The van der Waals surface area contributed by atoms with Crippen molar-refractivity contribution < 1.29 is 4.79 Å². The third kappa shape index (κ3) is 4.95. The smallest absolute Gasteiger partial charge is 0.253 e. The molecular weight excluding hydrogens is 518 g/mol. The van der Waals surface area contributed by atoms with Crippen LogP contribution in [0.15, 0.2) is 91.4 Å². The Balaban J connectivity index is 1.31. The van der Waals surface area contributed by atoms with Gasteiger partial charge in [0.1, 0.15) is 12.1 Å². The van der Waals surface area contributed by atoms with Crippen LogP contribution in [0, 0.1) is 0 Å². The van der Waals surface area contributed by atoms with Gasteiger partial charge in [-0.1, -0.05) is 80.9 Å². The first-order chi connectivity index (χ1) is 19.3. The molecule has 1 amide bonds. The number of amides is 1. The van der Waals surface area contributed by atoms with E-state index in [1.807, 2.05) is 59.5 Å². The lowest BCUT2D eigenvalue weighted by atomic mass is 9.86. The molecule has 0 spiro atoms. The fourth-order valence-corrected chi connectivity index (χ4v) is 5.55. The molecular formula is C33H32ClN5O. The van der Waals surface area contributed by atoms with Crippen LogP contribution in [0.4, 0.5) is 5.82 Å². The number of aromatic nitrogens is 3. The van der Waals surface area contributed by atoms with Gasteiger partial charge in [0.05, 0.1) is 5.39 Å². The molecule has 1 saturated heterocycles. The van der Waals surface area contributed by atoms with Gasteiger partial charge in [-0.05, 0) is 46.9 Å². The fourth-order valence-electron chi connectivity index (χ4n) is 5.36. The maximum absolute atomic E-state index is 13.3. The summed E-state index contributed by atoms with van der Waals surface area (Å²) in [4.78, 5) is 27.0. The Bertz CT molecular complexity index is 1660. The second-order valence-corrected chi connectivity index (χ2v) is 11.7. The van der Waals surface area contributed by atoms with E-state index in [1.165, 1.54) is 5.56 Å². The van der Waals surface area contributed by atoms with Gasteiger partial charge in [0, 0.05) is 54.2 Å². The van der Waals surface area contributed by atoms with Crippen molar-refractivity contribution in [3.8, 4) is 16.8 Å². The van der Waals surface area contributed by atoms with Gasteiger partial charge >= 0.3 is 0 Å². The molecule has 0 bridgehead atoms. The highest BCUT2D eigenvalue weighted by Gasteiger charge is 2.27. The van der Waals surface area contributed by atoms with Gasteiger partial charge in [-0.2, -0.15) is 0 Å². The minimum Gasteiger partial charge on any atom is -0.352 e. The van der Waals surface area contributed by atoms with E-state index in [0.717, 1.165) is 39.2 Å². The lowest BCUT2D eigenvalue weighted by Gasteiger charge is -2.35. The van der Waals surface area contributed by atoms with Gasteiger partial charge in [-0.3, -0.25) is 4.79 Å². The minimum absolute atomic E-state index is 0.0560. The number of hydrogen-bond donors (Lipinski definition) is 0. The quantitative estimate of drug-likeness (QED) is 0.242. The SMILES string of the molecule is CC(C)(C)c1ccc(C(=O)N2CCN(c3ncnc4c3c(-c3ccccc3)cn4-c3cccc(Cl)c3)CC2)cc1. The van der Waals surface area contributed by atoms with E-state index in [2.05, 4.69) is 60.7 Å². The number of hydrogen-bond acceptors (Lipinski definition) is 4. The summed E-state index contributed by atoms with van der Waals surface area (Å²) in [7, 11) is 0. The minimum atomic E-state index is 0.0560. The van der Waals surface area contributed by atoms with Gasteiger partial charge in [0.15, 0.2) is 5.65 Å². The molecule has 0 aliphatic carbocycles. The zero-order chi connectivity index (χ0) is 27.9. The molecule has 0 N–H and O–H groups in total. The molecule has 2 aromatic heterocycles. The number of rotatable bonds is 4. The Morgan fingerprint density at radius 2 is 1.57 bits per heavy atom. The van der Waals surface area contributed by atoms with E-state index in [0.29, 0.717) is 31.2 Å². The largest absolute Gasteiger partial charge is 0.352 e. The number of piperazine rings is 1. The third-order valence-corrected chi connectivity index (χ3v) is 7.83. The number of carbonyl (C=O) groups excluding carboxylic acids is 1. The average Bonchev–Trinajstić information content (AvgIpc) is 3.37. The van der Waals surface area contributed by atoms with Crippen LogP contribution in [0.25, 0.3) is 27.8 Å². The Hall–Kier alpha value is -4.16. The summed E-state index contributed by atoms with van der Waals surface area (Å²) in [5.74, 6) is 0.955. The average molecular weight is 550 g/mol. The predicted molar refractivity (Wildman–Crippen MR) is 163 cm³/mol. The van der Waals surface area contributed by atoms with Gasteiger partial charge in [-0.25, -0.2) is 9.97 Å². The Morgan fingerprint density at radius 1 is 0.850 bits per heavy atom. The first-order valence-corrected chi connectivity index (χ1v) is 14.0. The first-order valence-electron chi connectivity index (χ1n) is 13.6. The maximum Gasteiger partial charge on any atom is 0.253 e. The van der Waals surface area contributed by atoms with E-state index < -0.39 is 0 Å². The summed E-state index contributed by atoms with van der Waals surface area (Å²) in [6, 6.07) is 26.1. The van der Waals surface area contributed by atoms with Gasteiger partial charge in [-0.15, -0.1) is 0 Å². The molecule has 0 radical (unpaired) electrons. The lowest BCUT2D eigenvalue weighted by Crippen LogP contribution is -2.49. The molecule has 0 atom stereocenters. The number of carbonyl (C=O) groups is 1. The normalized spacial score (nSPS) is 14.1. The van der Waals surface area contributed by atoms with Crippen molar-refractivity contribution in [3.05, 3.63) is 108 Å². The molecule has 5 aromatic rings. The summed E-state index contributed by atoms with van der Waals surface area (Å²) in [6.45, 7) is 9.17. The molecule has 7 heteroatoms. The third-order valence-electron chi connectivity index (χ3n) is 7.60. The molecule has 0 saturated carbocycles. The van der Waals surface area contributed by atoms with E-state index in [-0.39, 0.29) is 11.3 Å². The summed E-state index contributed by atoms with van der Waals surface area (Å²) < 4.78 is 2.08. The number of nitrogens with zero attached hydrogens (tertiary/aromatic N) is 5. The van der Waals surface area contributed by atoms with Crippen molar-refractivity contribution in [1.29, 1.82) is 0 Å². The van der Waals surface area contributed by atoms with Crippen molar-refractivity contribution in [2.75, 3.05) is 31.1 Å². The molecule has 6 nitrogen and oxygen atoms in total. The number of anilines is 1. The van der Waals surface area contributed by atoms with Crippen molar-refractivity contribution in [2.45, 2.75) is 26.2 Å². The Kier molecular flexibility index (Phi) is 6.80. The van der Waals surface area contributed by atoms with Crippen LogP contribution in [0.3, 0.4) is 0 Å². The molecule has 1 aliphatic rings. The number of halogens is 1. The van der Waals surface area contributed by atoms with Crippen LogP contribution in [0.2, 0.25) is 5.02 Å². The van der Waals surface area contributed by atoms with Gasteiger partial charge in [0.2, 0.25) is 0 Å². The van der Waals surface area contributed by atoms with Crippen molar-refractivity contribution in [3.63, 3.8) is 0 Å². The van der Waals surface area contributed by atoms with Crippen molar-refractivity contribution in [1.82, 2.24) is 19.4 Å². The highest BCUT2D eigenvalue weighted by atomic mass is 35.5. The summed E-state index contributed by atoms with van der Waals surface area (Å²) in [5.41, 5.74) is 5.93. The van der Waals surface area contributed by atoms with Crippen LogP contribution in [-0.2, 0) is 5.41 Å². The van der Waals surface area contributed by atoms with Gasteiger partial charge in [0.25, 0.3) is 5.91 Å². The summed E-state index contributed by atoms with van der Waals surface area (Å²) >= 11 is 6.35. The zero-order valence-electron chi connectivity index (χ0n) is 23.0. The molecule has 0 unspecified atom stereocenters. The Morgan fingerprint density at radius 3 is 2.25 bits per heavy atom. The van der Waals surface area contributed by atoms with Crippen LogP contribution < -0.4 is 4.90 Å². The summed E-state index contributed by atoms with van der Waals surface area (Å²) in [5, 5.41) is 1.66. The monoisotopic (exact) mass is 549 g/mol. The molecule has 40 heavy (non-hydrogen) atoms. The van der Waals surface area contributed by atoms with E-state index in [4.69, 9.17) is 21.6 Å². The molecule has 202 valence electrons. The number of fused-ring (bicyclic) bond motifs is 1. The van der Waals surface area contributed by atoms with Crippen LogP contribution in [-0.4, -0.2) is 51.5 Å². The van der Waals surface area contributed by atoms with E-state index in [9.17, 15) is 4.79 Å². The molecule has 1 aliphatic heterocycles. The fraction of sp³-hybridized carbons (Fsp3) is 0.242. The van der Waals surface area contributed by atoms with E-state index >= 15 is 0 Å². The predicted octanol–water partition coefficient (Wildman–Crippen LogP) is 7.00. The van der Waals surface area contributed by atoms with Gasteiger partial charge < -0.3 is 14.4 Å². The van der Waals surface area contributed by atoms with Crippen molar-refractivity contribution in [2.24, 2.45) is 0 Å². The van der Waals surface area contributed by atoms with E-state index in [1.54, 1.807) is 6.33 Å². The molecule has 3 aromatic carbocycles. The molecule has 3 heterocycles. The molecule has 1 fully saturated rings. The van der Waals surface area contributed by atoms with Crippen LogP contribution in [0.1, 0.15) is 36.7 Å². The van der Waals surface area contributed by atoms with Crippen molar-refractivity contribution >= 4 is 34.4 Å². The topological polar surface area (TPSA) is 54.3 Å². The summed E-state index contributed by atoms with van der Waals surface area (Å²) in [6.07, 6.45) is 3.74. The van der Waals surface area contributed by atoms with Crippen LogP contribution >= 0.6 is 11.6 Å². The molecule has 6 rings (SSSR count).